The molecule has 4 rings (SSSR count). The fourth-order valence-corrected chi connectivity index (χ4v) is 4.55. The van der Waals surface area contributed by atoms with E-state index >= 15 is 0 Å². The Bertz CT molecular complexity index is 1210. The largest absolute Gasteiger partial charge is 0.478 e. The number of carboxylic acid groups (broad SMARTS) is 1. The minimum absolute atomic E-state index is 0.0235. The van der Waals surface area contributed by atoms with Crippen LogP contribution < -0.4 is 10.6 Å². The van der Waals surface area contributed by atoms with E-state index < -0.39 is 24.0 Å². The minimum atomic E-state index is -1.12. The lowest BCUT2D eigenvalue weighted by atomic mass is 9.98. The molecule has 34 heavy (non-hydrogen) atoms. The van der Waals surface area contributed by atoms with Crippen LogP contribution in [0.5, 0.6) is 0 Å². The number of ether oxygens (including phenoxy) is 1. The summed E-state index contributed by atoms with van der Waals surface area (Å²) in [6.07, 6.45) is -0.357. The maximum atomic E-state index is 12.7. The standard InChI is InChI=1S/C26H23BrN2O5/c1-2-23(24(30)28-15-11-12-22(27)20(13-15)25(31)32)29-26(33)34-14-21-18-9-5-3-7-16(18)17-8-4-6-10-19(17)21/h3-13,21,23H,2,14H2,1H3,(H,28,30)(H,29,33)(H,31,32)/t23-/m0/s1. The second-order valence-corrected chi connectivity index (χ2v) is 8.77. The van der Waals surface area contributed by atoms with Crippen molar-refractivity contribution in [3.05, 3.63) is 87.9 Å². The number of carbonyl (C=O) groups is 3. The van der Waals surface area contributed by atoms with Crippen LogP contribution in [0.1, 0.15) is 40.7 Å². The summed E-state index contributed by atoms with van der Waals surface area (Å²) in [5.41, 5.74) is 4.81. The van der Waals surface area contributed by atoms with Crippen LogP contribution in [0.25, 0.3) is 11.1 Å². The van der Waals surface area contributed by atoms with Crippen LogP contribution in [0.2, 0.25) is 0 Å². The second kappa shape index (κ2) is 10.1. The van der Waals surface area contributed by atoms with E-state index in [4.69, 9.17) is 4.74 Å². The number of halogens is 1. The van der Waals surface area contributed by atoms with Gasteiger partial charge in [-0.2, -0.15) is 0 Å². The van der Waals surface area contributed by atoms with Crippen molar-refractivity contribution in [2.45, 2.75) is 25.3 Å². The molecule has 0 aliphatic heterocycles. The lowest BCUT2D eigenvalue weighted by Crippen LogP contribution is -2.43. The fourth-order valence-electron chi connectivity index (χ4n) is 4.13. The summed E-state index contributed by atoms with van der Waals surface area (Å²) in [4.78, 5) is 36.5. The van der Waals surface area contributed by atoms with Crippen LogP contribution in [0, 0.1) is 0 Å². The number of rotatable bonds is 7. The van der Waals surface area contributed by atoms with E-state index in [9.17, 15) is 19.5 Å². The van der Waals surface area contributed by atoms with Gasteiger partial charge in [-0.3, -0.25) is 4.79 Å². The summed E-state index contributed by atoms with van der Waals surface area (Å²) in [5.74, 6) is -1.66. The highest BCUT2D eigenvalue weighted by atomic mass is 79.9. The van der Waals surface area contributed by atoms with Gasteiger partial charge in [0.25, 0.3) is 0 Å². The van der Waals surface area contributed by atoms with Crippen molar-refractivity contribution in [2.24, 2.45) is 0 Å². The maximum absolute atomic E-state index is 12.7. The van der Waals surface area contributed by atoms with Crippen LogP contribution in [0.15, 0.2) is 71.2 Å². The maximum Gasteiger partial charge on any atom is 0.407 e. The molecule has 174 valence electrons. The third-order valence-corrected chi connectivity index (χ3v) is 6.52. The smallest absolute Gasteiger partial charge is 0.407 e. The molecule has 3 aromatic rings. The summed E-state index contributed by atoms with van der Waals surface area (Å²) in [6, 6.07) is 19.7. The Labute approximate surface area is 205 Å². The average Bonchev–Trinajstić information content (AvgIpc) is 3.16. The van der Waals surface area contributed by atoms with E-state index in [1.54, 1.807) is 19.1 Å². The molecular formula is C26H23BrN2O5. The molecule has 0 saturated heterocycles. The summed E-state index contributed by atoms with van der Waals surface area (Å²) in [5, 5.41) is 14.5. The minimum Gasteiger partial charge on any atom is -0.478 e. The van der Waals surface area contributed by atoms with Gasteiger partial charge in [0, 0.05) is 16.1 Å². The second-order valence-electron chi connectivity index (χ2n) is 7.92. The number of alkyl carbamates (subject to hydrolysis) is 1. The van der Waals surface area contributed by atoms with Crippen molar-refractivity contribution < 1.29 is 24.2 Å². The molecule has 0 bridgehead atoms. The molecular weight excluding hydrogens is 500 g/mol. The fraction of sp³-hybridized carbons (Fsp3) is 0.192. The van der Waals surface area contributed by atoms with E-state index in [-0.39, 0.29) is 18.1 Å². The Hall–Kier alpha value is -3.65. The van der Waals surface area contributed by atoms with Crippen LogP contribution in [-0.4, -0.2) is 35.7 Å². The van der Waals surface area contributed by atoms with E-state index in [0.29, 0.717) is 16.6 Å². The van der Waals surface area contributed by atoms with Gasteiger partial charge in [0.2, 0.25) is 5.91 Å². The van der Waals surface area contributed by atoms with E-state index in [1.807, 2.05) is 36.4 Å². The van der Waals surface area contributed by atoms with Crippen LogP contribution >= 0.6 is 15.9 Å². The molecule has 0 aromatic heterocycles. The highest BCUT2D eigenvalue weighted by molar-refractivity contribution is 9.10. The quantitative estimate of drug-likeness (QED) is 0.385. The van der Waals surface area contributed by atoms with E-state index in [0.717, 1.165) is 22.3 Å². The van der Waals surface area contributed by atoms with Crippen molar-refractivity contribution in [3.63, 3.8) is 0 Å². The zero-order valence-electron chi connectivity index (χ0n) is 18.4. The number of fused-ring (bicyclic) bond motifs is 3. The third-order valence-electron chi connectivity index (χ3n) is 5.82. The first-order chi connectivity index (χ1) is 16.4. The Kier molecular flexibility index (Phi) is 6.98. The number of nitrogens with one attached hydrogen (secondary N) is 2. The zero-order valence-corrected chi connectivity index (χ0v) is 20.0. The highest BCUT2D eigenvalue weighted by Crippen LogP contribution is 2.44. The van der Waals surface area contributed by atoms with Crippen molar-refractivity contribution in [2.75, 3.05) is 11.9 Å². The molecule has 2 amide bonds. The Morgan fingerprint density at radius 3 is 2.21 bits per heavy atom. The molecule has 0 unspecified atom stereocenters. The van der Waals surface area contributed by atoms with Gasteiger partial charge in [-0.15, -0.1) is 0 Å². The molecule has 8 heteroatoms. The van der Waals surface area contributed by atoms with Gasteiger partial charge in [0.1, 0.15) is 12.6 Å². The predicted molar refractivity (Wildman–Crippen MR) is 132 cm³/mol. The first-order valence-corrected chi connectivity index (χ1v) is 11.6. The van der Waals surface area contributed by atoms with Gasteiger partial charge >= 0.3 is 12.1 Å². The number of benzene rings is 3. The molecule has 0 radical (unpaired) electrons. The Balaban J connectivity index is 1.39. The normalized spacial score (nSPS) is 12.9. The molecule has 1 atom stereocenters. The highest BCUT2D eigenvalue weighted by Gasteiger charge is 2.29. The summed E-state index contributed by atoms with van der Waals surface area (Å²) in [7, 11) is 0. The molecule has 3 N–H and O–H groups in total. The van der Waals surface area contributed by atoms with Crippen molar-refractivity contribution in [1.29, 1.82) is 0 Å². The van der Waals surface area contributed by atoms with E-state index in [1.165, 1.54) is 6.07 Å². The topological polar surface area (TPSA) is 105 Å². The van der Waals surface area contributed by atoms with Gasteiger partial charge in [-0.25, -0.2) is 9.59 Å². The number of hydrogen-bond acceptors (Lipinski definition) is 4. The van der Waals surface area contributed by atoms with Crippen molar-refractivity contribution >= 4 is 39.6 Å². The molecule has 3 aromatic carbocycles. The van der Waals surface area contributed by atoms with Gasteiger partial charge in [-0.05, 0) is 62.8 Å². The summed E-state index contributed by atoms with van der Waals surface area (Å²) < 4.78 is 5.93. The Morgan fingerprint density at radius 1 is 1.00 bits per heavy atom. The van der Waals surface area contributed by atoms with Gasteiger partial charge in [0.15, 0.2) is 0 Å². The number of carboxylic acids is 1. The predicted octanol–water partition coefficient (Wildman–Crippen LogP) is 5.40. The first kappa shape index (κ1) is 23.5. The summed E-state index contributed by atoms with van der Waals surface area (Å²) in [6.45, 7) is 1.91. The van der Waals surface area contributed by atoms with Crippen molar-refractivity contribution in [3.8, 4) is 11.1 Å². The lowest BCUT2D eigenvalue weighted by Gasteiger charge is -2.19. The van der Waals surface area contributed by atoms with Gasteiger partial charge in [-0.1, -0.05) is 55.5 Å². The third kappa shape index (κ3) is 4.82. The number of carbonyl (C=O) groups excluding carboxylic acids is 2. The molecule has 1 aliphatic carbocycles. The Morgan fingerprint density at radius 2 is 1.62 bits per heavy atom. The number of hydrogen-bond donors (Lipinski definition) is 3. The molecule has 1 aliphatic rings. The summed E-state index contributed by atoms with van der Waals surface area (Å²) >= 11 is 3.17. The van der Waals surface area contributed by atoms with Crippen LogP contribution in [0.4, 0.5) is 10.5 Å². The number of amides is 2. The van der Waals surface area contributed by atoms with Gasteiger partial charge in [0.05, 0.1) is 5.56 Å². The monoisotopic (exact) mass is 522 g/mol. The van der Waals surface area contributed by atoms with Gasteiger partial charge < -0.3 is 20.5 Å². The van der Waals surface area contributed by atoms with Crippen LogP contribution in [0.3, 0.4) is 0 Å². The number of aromatic carboxylic acids is 1. The molecule has 0 heterocycles. The zero-order chi connectivity index (χ0) is 24.2. The van der Waals surface area contributed by atoms with Crippen molar-refractivity contribution in [1.82, 2.24) is 5.32 Å². The van der Waals surface area contributed by atoms with Crippen LogP contribution in [-0.2, 0) is 9.53 Å². The number of anilines is 1. The van der Waals surface area contributed by atoms with E-state index in [2.05, 4.69) is 38.7 Å². The SMILES string of the molecule is CC[C@H](NC(=O)OCC1c2ccccc2-c2ccccc21)C(=O)Nc1ccc(Br)c(C(=O)O)c1. The molecule has 0 spiro atoms. The first-order valence-electron chi connectivity index (χ1n) is 10.8. The average molecular weight is 523 g/mol. The lowest BCUT2D eigenvalue weighted by molar-refractivity contribution is -0.118. The molecule has 0 saturated carbocycles. The molecule has 7 nitrogen and oxygen atoms in total. The molecule has 0 fully saturated rings.